The van der Waals surface area contributed by atoms with Gasteiger partial charge in [-0.25, -0.2) is 0 Å². The van der Waals surface area contributed by atoms with Crippen LogP contribution >= 0.6 is 7.60 Å². The molecule has 0 amide bonds. The van der Waals surface area contributed by atoms with Gasteiger partial charge in [0, 0.05) is 0 Å². The fraction of sp³-hybridized carbons (Fsp3) is 0.800. The summed E-state index contributed by atoms with van der Waals surface area (Å²) in [6.45, 7) is 5.03. The van der Waals surface area contributed by atoms with Gasteiger partial charge in [0.1, 0.15) is 0 Å². The summed E-state index contributed by atoms with van der Waals surface area (Å²) in [7, 11) is -3.81. The molecule has 1 atom stereocenters. The van der Waals surface area contributed by atoms with Gasteiger partial charge in [-0.15, -0.1) is 0 Å². The molecule has 0 saturated carbocycles. The Hall–Kier alpha value is 0.150. The van der Waals surface area contributed by atoms with Gasteiger partial charge in [0.25, 0.3) is 0 Å². The van der Waals surface area contributed by atoms with Gasteiger partial charge in [-0.1, -0.05) is 20.3 Å². The van der Waals surface area contributed by atoms with Crippen molar-refractivity contribution < 1.29 is 14.4 Å². The molecule has 0 aliphatic heterocycles. The van der Waals surface area contributed by atoms with Crippen LogP contribution in [0.4, 0.5) is 0 Å². The summed E-state index contributed by atoms with van der Waals surface area (Å²) in [5.74, 6) is 0. The molecule has 0 aliphatic rings. The second kappa shape index (κ2) is 3.35. The topological polar surface area (TPSA) is 57.5 Å². The Balaban J connectivity index is 3.74. The maximum absolute atomic E-state index is 10.4. The first-order valence-electron chi connectivity index (χ1n) is 2.83. The number of hydrogen-bond donors (Lipinski definition) is 2. The third-order valence-corrected chi connectivity index (χ3v) is 2.60. The fourth-order valence-electron chi connectivity index (χ4n) is 0.464. The first-order chi connectivity index (χ1) is 3.98. The Labute approximate surface area is 55.3 Å². The van der Waals surface area contributed by atoms with Crippen LogP contribution in [0.15, 0.2) is 0 Å². The maximum Gasteiger partial charge on any atom is 0.328 e. The Morgan fingerprint density at radius 1 is 1.67 bits per heavy atom. The van der Waals surface area contributed by atoms with Crippen molar-refractivity contribution in [3.63, 3.8) is 0 Å². The molecule has 0 bridgehead atoms. The van der Waals surface area contributed by atoms with Gasteiger partial charge in [0.15, 0.2) is 0 Å². The highest BCUT2D eigenvalue weighted by atomic mass is 31.2. The van der Waals surface area contributed by atoms with Gasteiger partial charge in [0.2, 0.25) is 0 Å². The predicted molar refractivity (Wildman–Crippen MR) is 36.1 cm³/mol. The molecule has 0 rings (SSSR count). The predicted octanol–water partition coefficient (Wildman–Crippen LogP) is 1.17. The van der Waals surface area contributed by atoms with Crippen molar-refractivity contribution in [2.75, 3.05) is 0 Å². The lowest BCUT2D eigenvalue weighted by Crippen LogP contribution is -2.01. The largest absolute Gasteiger partial charge is 0.328 e. The monoisotopic (exact) mass is 151 g/mol. The van der Waals surface area contributed by atoms with Crippen molar-refractivity contribution in [2.24, 2.45) is 0 Å². The molecule has 4 heteroatoms. The van der Waals surface area contributed by atoms with E-state index in [1.807, 2.05) is 0 Å². The second-order valence-corrected chi connectivity index (χ2v) is 4.14. The van der Waals surface area contributed by atoms with Crippen molar-refractivity contribution in [2.45, 2.75) is 25.4 Å². The van der Waals surface area contributed by atoms with Crippen LogP contribution in [0.3, 0.4) is 0 Å². The molecule has 0 aromatic carbocycles. The molecular formula is C5H12O3P. The van der Waals surface area contributed by atoms with Crippen LogP contribution < -0.4 is 0 Å². The van der Waals surface area contributed by atoms with Crippen molar-refractivity contribution in [1.29, 1.82) is 0 Å². The van der Waals surface area contributed by atoms with Gasteiger partial charge in [0.05, 0.1) is 5.66 Å². The summed E-state index contributed by atoms with van der Waals surface area (Å²) in [6.07, 6.45) is 1.07. The third-order valence-electron chi connectivity index (χ3n) is 1.20. The van der Waals surface area contributed by atoms with Gasteiger partial charge in [-0.05, 0) is 6.42 Å². The standard InChI is InChI=1S/C5H12O3P/c1-3-4-5(2)9(6,7)8/h5H,1,3-4H2,2H3,(H2,6,7,8). The minimum Gasteiger partial charge on any atom is -0.324 e. The van der Waals surface area contributed by atoms with E-state index < -0.39 is 13.3 Å². The Bertz CT molecular complexity index is 117. The summed E-state index contributed by atoms with van der Waals surface area (Å²) in [5.41, 5.74) is -0.532. The lowest BCUT2D eigenvalue weighted by molar-refractivity contribution is 0.358. The molecule has 0 saturated heterocycles. The van der Waals surface area contributed by atoms with Gasteiger partial charge < -0.3 is 9.79 Å². The quantitative estimate of drug-likeness (QED) is 0.595. The number of rotatable bonds is 3. The minimum absolute atomic E-state index is 0.490. The van der Waals surface area contributed by atoms with Gasteiger partial charge in [-0.3, -0.25) is 4.57 Å². The van der Waals surface area contributed by atoms with Crippen LogP contribution in [0.5, 0.6) is 0 Å². The normalized spacial score (nSPS) is 15.6. The summed E-state index contributed by atoms with van der Waals surface area (Å²) in [5, 5.41) is 0. The van der Waals surface area contributed by atoms with Gasteiger partial charge >= 0.3 is 7.60 Å². The molecule has 0 aromatic heterocycles. The average Bonchev–Trinajstić information content (AvgIpc) is 1.64. The van der Waals surface area contributed by atoms with Crippen LogP contribution in [-0.4, -0.2) is 15.4 Å². The molecule has 9 heavy (non-hydrogen) atoms. The van der Waals surface area contributed by atoms with Crippen molar-refractivity contribution in [1.82, 2.24) is 0 Å². The Morgan fingerprint density at radius 3 is 2.22 bits per heavy atom. The molecule has 1 unspecified atom stereocenters. The molecular weight excluding hydrogens is 139 g/mol. The van der Waals surface area contributed by atoms with E-state index >= 15 is 0 Å². The summed E-state index contributed by atoms with van der Waals surface area (Å²) < 4.78 is 10.4. The molecule has 0 spiro atoms. The van der Waals surface area contributed by atoms with E-state index in [0.29, 0.717) is 12.8 Å². The molecule has 55 valence electrons. The molecule has 0 heterocycles. The smallest absolute Gasteiger partial charge is 0.324 e. The minimum atomic E-state index is -3.81. The molecule has 3 nitrogen and oxygen atoms in total. The van der Waals surface area contributed by atoms with E-state index in [1.165, 1.54) is 6.92 Å². The SMILES string of the molecule is [CH2]CCC(C)P(=O)(O)O. The van der Waals surface area contributed by atoms with Crippen LogP contribution in [0, 0.1) is 6.92 Å². The van der Waals surface area contributed by atoms with E-state index in [-0.39, 0.29) is 0 Å². The zero-order valence-corrected chi connectivity index (χ0v) is 6.34. The molecule has 2 N–H and O–H groups in total. The summed E-state index contributed by atoms with van der Waals surface area (Å²) >= 11 is 0. The summed E-state index contributed by atoms with van der Waals surface area (Å²) in [6, 6.07) is 0. The molecule has 0 aromatic rings. The van der Waals surface area contributed by atoms with Crippen LogP contribution in [0.25, 0.3) is 0 Å². The fourth-order valence-corrected chi connectivity index (χ4v) is 0.983. The van der Waals surface area contributed by atoms with Crippen molar-refractivity contribution in [3.8, 4) is 0 Å². The van der Waals surface area contributed by atoms with Crippen molar-refractivity contribution in [3.05, 3.63) is 6.92 Å². The van der Waals surface area contributed by atoms with E-state index in [4.69, 9.17) is 9.79 Å². The third kappa shape index (κ3) is 3.68. The van der Waals surface area contributed by atoms with Crippen molar-refractivity contribution >= 4 is 7.60 Å². The zero-order chi connectivity index (χ0) is 7.49. The van der Waals surface area contributed by atoms with E-state index in [1.54, 1.807) is 0 Å². The first kappa shape index (κ1) is 9.15. The zero-order valence-electron chi connectivity index (χ0n) is 5.45. The highest BCUT2D eigenvalue weighted by molar-refractivity contribution is 7.52. The maximum atomic E-state index is 10.4. The Kier molecular flexibility index (Phi) is 3.41. The molecule has 0 aliphatic carbocycles. The number of hydrogen-bond acceptors (Lipinski definition) is 1. The first-order valence-corrected chi connectivity index (χ1v) is 4.51. The van der Waals surface area contributed by atoms with E-state index in [0.717, 1.165) is 0 Å². The molecule has 0 fully saturated rings. The molecule has 1 radical (unpaired) electrons. The average molecular weight is 151 g/mol. The van der Waals surface area contributed by atoms with E-state index in [2.05, 4.69) is 6.92 Å². The highest BCUT2D eigenvalue weighted by Gasteiger charge is 2.21. The second-order valence-electron chi connectivity index (χ2n) is 2.08. The lowest BCUT2D eigenvalue weighted by atomic mass is 10.3. The van der Waals surface area contributed by atoms with E-state index in [9.17, 15) is 4.57 Å². The van der Waals surface area contributed by atoms with Crippen LogP contribution in [0.2, 0.25) is 0 Å². The van der Waals surface area contributed by atoms with Crippen LogP contribution in [-0.2, 0) is 4.57 Å². The highest BCUT2D eigenvalue weighted by Crippen LogP contribution is 2.42. The lowest BCUT2D eigenvalue weighted by Gasteiger charge is -2.10. The summed E-state index contributed by atoms with van der Waals surface area (Å²) in [4.78, 5) is 17.0. The van der Waals surface area contributed by atoms with Crippen LogP contribution in [0.1, 0.15) is 19.8 Å². The Morgan fingerprint density at radius 2 is 2.11 bits per heavy atom. The van der Waals surface area contributed by atoms with Gasteiger partial charge in [-0.2, -0.15) is 0 Å².